The SMILES string of the molecule is CCCOc1ccc(C(C)(CC)COCc2cccc(Oc3ccccc3)c2)cc1. The molecule has 0 amide bonds. The van der Waals surface area contributed by atoms with Gasteiger partial charge in [0.05, 0.1) is 19.8 Å². The third-order valence-corrected chi connectivity index (χ3v) is 5.37. The summed E-state index contributed by atoms with van der Waals surface area (Å²) in [6, 6.07) is 26.3. The number of benzene rings is 3. The van der Waals surface area contributed by atoms with Gasteiger partial charge in [0.15, 0.2) is 0 Å². The average Bonchev–Trinajstić information content (AvgIpc) is 2.79. The van der Waals surface area contributed by atoms with Gasteiger partial charge in [0.2, 0.25) is 0 Å². The van der Waals surface area contributed by atoms with Gasteiger partial charge in [-0.05, 0) is 60.4 Å². The fourth-order valence-corrected chi connectivity index (χ4v) is 3.28. The zero-order valence-corrected chi connectivity index (χ0v) is 18.3. The Hall–Kier alpha value is -2.78. The molecule has 0 aromatic heterocycles. The highest BCUT2D eigenvalue weighted by Gasteiger charge is 2.25. The van der Waals surface area contributed by atoms with E-state index in [1.165, 1.54) is 5.56 Å². The average molecular weight is 405 g/mol. The Morgan fingerprint density at radius 3 is 2.20 bits per heavy atom. The minimum Gasteiger partial charge on any atom is -0.494 e. The first-order valence-electron chi connectivity index (χ1n) is 10.8. The molecule has 3 aromatic carbocycles. The van der Waals surface area contributed by atoms with Crippen molar-refractivity contribution in [1.82, 2.24) is 0 Å². The zero-order valence-electron chi connectivity index (χ0n) is 18.3. The smallest absolute Gasteiger partial charge is 0.127 e. The van der Waals surface area contributed by atoms with Crippen molar-refractivity contribution in [3.63, 3.8) is 0 Å². The molecule has 0 spiro atoms. The zero-order chi connectivity index (χ0) is 21.2. The van der Waals surface area contributed by atoms with Gasteiger partial charge in [-0.2, -0.15) is 0 Å². The molecular weight excluding hydrogens is 372 g/mol. The Morgan fingerprint density at radius 1 is 0.767 bits per heavy atom. The van der Waals surface area contributed by atoms with E-state index in [1.54, 1.807) is 0 Å². The lowest BCUT2D eigenvalue weighted by Gasteiger charge is -2.29. The van der Waals surface area contributed by atoms with E-state index in [0.717, 1.165) is 42.3 Å². The van der Waals surface area contributed by atoms with Crippen LogP contribution in [0, 0.1) is 0 Å². The van der Waals surface area contributed by atoms with Crippen molar-refractivity contribution in [2.75, 3.05) is 13.2 Å². The van der Waals surface area contributed by atoms with Crippen LogP contribution in [-0.2, 0) is 16.8 Å². The van der Waals surface area contributed by atoms with Crippen LogP contribution in [0.2, 0.25) is 0 Å². The highest BCUT2D eigenvalue weighted by molar-refractivity contribution is 5.34. The van der Waals surface area contributed by atoms with Crippen molar-refractivity contribution in [3.8, 4) is 17.2 Å². The van der Waals surface area contributed by atoms with Gasteiger partial charge < -0.3 is 14.2 Å². The summed E-state index contributed by atoms with van der Waals surface area (Å²) in [6.07, 6.45) is 2.01. The van der Waals surface area contributed by atoms with Crippen molar-refractivity contribution in [2.24, 2.45) is 0 Å². The van der Waals surface area contributed by atoms with Crippen LogP contribution in [0.15, 0.2) is 78.9 Å². The molecule has 1 atom stereocenters. The van der Waals surface area contributed by atoms with Crippen LogP contribution in [0.1, 0.15) is 44.7 Å². The van der Waals surface area contributed by atoms with E-state index in [0.29, 0.717) is 13.2 Å². The molecule has 0 saturated carbocycles. The highest BCUT2D eigenvalue weighted by atomic mass is 16.5. The molecule has 0 aliphatic carbocycles. The van der Waals surface area contributed by atoms with Crippen LogP contribution in [0.4, 0.5) is 0 Å². The molecule has 0 radical (unpaired) electrons. The van der Waals surface area contributed by atoms with Gasteiger partial charge in [-0.3, -0.25) is 0 Å². The molecule has 3 nitrogen and oxygen atoms in total. The summed E-state index contributed by atoms with van der Waals surface area (Å²) < 4.78 is 17.8. The van der Waals surface area contributed by atoms with Crippen molar-refractivity contribution in [2.45, 2.75) is 45.6 Å². The summed E-state index contributed by atoms with van der Waals surface area (Å²) in [7, 11) is 0. The normalized spacial score (nSPS) is 12.9. The second kappa shape index (κ2) is 10.8. The molecule has 3 rings (SSSR count). The number of hydrogen-bond acceptors (Lipinski definition) is 3. The van der Waals surface area contributed by atoms with Crippen LogP contribution >= 0.6 is 0 Å². The van der Waals surface area contributed by atoms with Crippen LogP contribution in [0.5, 0.6) is 17.2 Å². The van der Waals surface area contributed by atoms with Crippen LogP contribution in [0.3, 0.4) is 0 Å². The third-order valence-electron chi connectivity index (χ3n) is 5.37. The van der Waals surface area contributed by atoms with E-state index in [4.69, 9.17) is 14.2 Å². The molecule has 3 aromatic rings. The van der Waals surface area contributed by atoms with E-state index >= 15 is 0 Å². The first-order valence-corrected chi connectivity index (χ1v) is 10.8. The second-order valence-electron chi connectivity index (χ2n) is 7.84. The number of hydrogen-bond donors (Lipinski definition) is 0. The van der Waals surface area contributed by atoms with E-state index < -0.39 is 0 Å². The highest BCUT2D eigenvalue weighted by Crippen LogP contribution is 2.30. The fourth-order valence-electron chi connectivity index (χ4n) is 3.28. The molecule has 0 aliphatic heterocycles. The van der Waals surface area contributed by atoms with Crippen molar-refractivity contribution >= 4 is 0 Å². The number of para-hydroxylation sites is 1. The van der Waals surface area contributed by atoms with Gasteiger partial charge in [-0.1, -0.05) is 63.2 Å². The van der Waals surface area contributed by atoms with Gasteiger partial charge in [0, 0.05) is 5.41 Å². The van der Waals surface area contributed by atoms with Crippen molar-refractivity contribution in [3.05, 3.63) is 90.0 Å². The van der Waals surface area contributed by atoms with E-state index in [2.05, 4.69) is 51.1 Å². The Labute approximate surface area is 180 Å². The monoisotopic (exact) mass is 404 g/mol. The summed E-state index contributed by atoms with van der Waals surface area (Å²) in [5.74, 6) is 2.58. The standard InChI is InChI=1S/C27H32O3/c1-4-18-29-24-16-14-23(15-17-24)27(3,5-2)21-28-20-22-10-9-13-26(19-22)30-25-11-7-6-8-12-25/h6-17,19H,4-5,18,20-21H2,1-3H3. The molecule has 3 heteroatoms. The summed E-state index contributed by atoms with van der Waals surface area (Å²) in [5.41, 5.74) is 2.33. The lowest BCUT2D eigenvalue weighted by atomic mass is 9.81. The maximum Gasteiger partial charge on any atom is 0.127 e. The molecule has 0 fully saturated rings. The maximum atomic E-state index is 6.14. The van der Waals surface area contributed by atoms with Gasteiger partial charge in [0.1, 0.15) is 17.2 Å². The van der Waals surface area contributed by atoms with Gasteiger partial charge >= 0.3 is 0 Å². The van der Waals surface area contributed by atoms with Gasteiger partial charge in [-0.25, -0.2) is 0 Å². The van der Waals surface area contributed by atoms with E-state index in [1.807, 2.05) is 48.5 Å². The summed E-state index contributed by atoms with van der Waals surface area (Å²) in [6.45, 7) is 8.54. The van der Waals surface area contributed by atoms with E-state index in [-0.39, 0.29) is 5.41 Å². The maximum absolute atomic E-state index is 6.14. The molecular formula is C27H32O3. The predicted molar refractivity (Wildman–Crippen MR) is 122 cm³/mol. The quantitative estimate of drug-likeness (QED) is 0.339. The topological polar surface area (TPSA) is 27.7 Å². The molecule has 0 heterocycles. The Morgan fingerprint density at radius 2 is 1.50 bits per heavy atom. The Kier molecular flexibility index (Phi) is 7.92. The molecule has 30 heavy (non-hydrogen) atoms. The van der Waals surface area contributed by atoms with Gasteiger partial charge in [0.25, 0.3) is 0 Å². The third kappa shape index (κ3) is 6.11. The predicted octanol–water partition coefficient (Wildman–Crippen LogP) is 7.15. The Balaban J connectivity index is 1.58. The molecule has 1 unspecified atom stereocenters. The first-order chi connectivity index (χ1) is 14.6. The molecule has 0 bridgehead atoms. The van der Waals surface area contributed by atoms with Crippen LogP contribution in [0.25, 0.3) is 0 Å². The van der Waals surface area contributed by atoms with Crippen molar-refractivity contribution < 1.29 is 14.2 Å². The first kappa shape index (κ1) is 21.9. The Bertz CT molecular complexity index is 889. The van der Waals surface area contributed by atoms with Crippen LogP contribution < -0.4 is 9.47 Å². The number of rotatable bonds is 11. The summed E-state index contributed by atoms with van der Waals surface area (Å²) in [5, 5.41) is 0. The van der Waals surface area contributed by atoms with Crippen LogP contribution in [-0.4, -0.2) is 13.2 Å². The molecule has 0 N–H and O–H groups in total. The minimum absolute atomic E-state index is 0.0402. The second-order valence-corrected chi connectivity index (χ2v) is 7.84. The van der Waals surface area contributed by atoms with Crippen molar-refractivity contribution in [1.29, 1.82) is 0 Å². The minimum atomic E-state index is -0.0402. The largest absolute Gasteiger partial charge is 0.494 e. The lowest BCUT2D eigenvalue weighted by Crippen LogP contribution is -2.27. The summed E-state index contributed by atoms with van der Waals surface area (Å²) in [4.78, 5) is 0. The van der Waals surface area contributed by atoms with E-state index in [9.17, 15) is 0 Å². The molecule has 0 saturated heterocycles. The summed E-state index contributed by atoms with van der Waals surface area (Å²) >= 11 is 0. The molecule has 158 valence electrons. The lowest BCUT2D eigenvalue weighted by molar-refractivity contribution is 0.0747. The molecule has 0 aliphatic rings. The van der Waals surface area contributed by atoms with Gasteiger partial charge in [-0.15, -0.1) is 0 Å². The number of ether oxygens (including phenoxy) is 3. The fraction of sp³-hybridized carbons (Fsp3) is 0.333.